The normalized spacial score (nSPS) is 18.1. The van der Waals surface area contributed by atoms with Gasteiger partial charge in [-0.05, 0) is 80.1 Å². The van der Waals surface area contributed by atoms with Gasteiger partial charge in [-0.3, -0.25) is 33.0 Å². The lowest BCUT2D eigenvalue weighted by Crippen LogP contribution is -2.33. The van der Waals surface area contributed by atoms with Gasteiger partial charge in [-0.1, -0.05) is 19.8 Å². The summed E-state index contributed by atoms with van der Waals surface area (Å²) < 4.78 is 35.8. The lowest BCUT2D eigenvalue weighted by molar-refractivity contribution is -0.0325. The molecule has 3 aliphatic rings. The van der Waals surface area contributed by atoms with E-state index in [0.29, 0.717) is 60.7 Å². The molecule has 0 spiro atoms. The SMILES string of the molecule is Cc1cn([C@H]2CC(C)[C@@H](COP(=O)(O)OCCCCCCNC(=O)c3ccc(C(=O)O)c(-c4c5ccc(=O)cc-5oc5cc(O)ccc45)c3)O2)c(=O)[nH]c1=O. The molecule has 3 heterocycles. The zero-order valence-corrected chi connectivity index (χ0v) is 30.9. The van der Waals surface area contributed by atoms with Crippen LogP contribution in [-0.4, -0.2) is 62.4 Å². The Labute approximate surface area is 313 Å². The summed E-state index contributed by atoms with van der Waals surface area (Å²) in [6.07, 6.45) is 2.95. The van der Waals surface area contributed by atoms with Crippen molar-refractivity contribution >= 4 is 30.7 Å². The van der Waals surface area contributed by atoms with Crippen molar-refractivity contribution in [2.75, 3.05) is 19.8 Å². The zero-order valence-electron chi connectivity index (χ0n) is 30.0. The number of carbonyl (C=O) groups is 2. The summed E-state index contributed by atoms with van der Waals surface area (Å²) in [5.74, 6) is -1.66. The molecule has 17 heteroatoms. The third-order valence-corrected chi connectivity index (χ3v) is 10.5. The molecule has 1 saturated heterocycles. The molecule has 1 aliphatic carbocycles. The van der Waals surface area contributed by atoms with Crippen LogP contribution < -0.4 is 22.0 Å². The van der Waals surface area contributed by atoms with Crippen LogP contribution in [0.25, 0.3) is 33.4 Å². The van der Waals surface area contributed by atoms with Gasteiger partial charge in [-0.25, -0.2) is 14.2 Å². The summed E-state index contributed by atoms with van der Waals surface area (Å²) in [6.45, 7) is 3.47. The van der Waals surface area contributed by atoms with Crippen LogP contribution in [0.15, 0.2) is 79.6 Å². The lowest BCUT2D eigenvalue weighted by atomic mass is 9.89. The number of phosphoric acid groups is 1. The molecule has 4 atom stereocenters. The van der Waals surface area contributed by atoms with Crippen molar-refractivity contribution in [3.05, 3.63) is 109 Å². The predicted octanol–water partition coefficient (Wildman–Crippen LogP) is 5.17. The first-order chi connectivity index (χ1) is 26.2. The van der Waals surface area contributed by atoms with Crippen LogP contribution in [0.2, 0.25) is 0 Å². The number of aryl methyl sites for hydroxylation is 1. The Morgan fingerprint density at radius 3 is 2.56 bits per heavy atom. The highest BCUT2D eigenvalue weighted by Crippen LogP contribution is 2.45. The zero-order chi connectivity index (χ0) is 39.4. The third-order valence-electron chi connectivity index (χ3n) is 9.47. The monoisotopic (exact) mass is 777 g/mol. The maximum Gasteiger partial charge on any atom is 0.472 e. The minimum absolute atomic E-state index is 0.0412. The fourth-order valence-electron chi connectivity index (χ4n) is 6.54. The highest BCUT2D eigenvalue weighted by Gasteiger charge is 2.36. The number of amides is 1. The molecule has 2 aliphatic heterocycles. The number of hydrogen-bond donors (Lipinski definition) is 5. The number of fused-ring (bicyclic) bond motifs is 2. The number of carboxylic acid groups (broad SMARTS) is 1. The van der Waals surface area contributed by atoms with E-state index < -0.39 is 43.3 Å². The maximum absolute atomic E-state index is 13.2. The largest absolute Gasteiger partial charge is 0.508 e. The molecular weight excluding hydrogens is 737 g/mol. The molecule has 16 nitrogen and oxygen atoms in total. The number of H-pyrrole nitrogens is 1. The molecule has 290 valence electrons. The summed E-state index contributed by atoms with van der Waals surface area (Å²) in [7, 11) is -4.38. The number of benzene rings is 3. The minimum atomic E-state index is -4.38. The van der Waals surface area contributed by atoms with Crippen LogP contribution in [-0.2, 0) is 18.3 Å². The fourth-order valence-corrected chi connectivity index (χ4v) is 7.31. The molecule has 0 bridgehead atoms. The predicted molar refractivity (Wildman–Crippen MR) is 199 cm³/mol. The number of aromatic carboxylic acids is 1. The van der Waals surface area contributed by atoms with Gasteiger partial charge >= 0.3 is 19.5 Å². The van der Waals surface area contributed by atoms with Crippen molar-refractivity contribution < 1.29 is 47.5 Å². The number of rotatable bonds is 15. The van der Waals surface area contributed by atoms with Gasteiger partial charge in [0.1, 0.15) is 23.3 Å². The molecule has 2 aromatic carbocycles. The van der Waals surface area contributed by atoms with Crippen LogP contribution in [0.3, 0.4) is 0 Å². The van der Waals surface area contributed by atoms with Crippen LogP contribution in [0.1, 0.15) is 71.5 Å². The number of nitrogens with zero attached hydrogens (tertiary/aromatic N) is 1. The van der Waals surface area contributed by atoms with Gasteiger partial charge in [0, 0.05) is 52.5 Å². The molecule has 1 aromatic heterocycles. The number of hydrogen-bond acceptors (Lipinski definition) is 11. The Kier molecular flexibility index (Phi) is 11.8. The molecule has 1 fully saturated rings. The Morgan fingerprint density at radius 1 is 1.00 bits per heavy atom. The summed E-state index contributed by atoms with van der Waals surface area (Å²) in [5, 5.41) is 23.4. The number of aromatic hydroxyl groups is 1. The standard InChI is InChI=1S/C38H40N3O13P/c1-21-15-33(41-19-22(2)35(44)40-38(41)48)54-32(21)20-52-55(49,50)51-14-6-4-3-5-13-39-36(45)23-7-10-26(37(46)47)29(16-23)34-27-11-8-24(42)17-30(27)53-31-18-25(43)9-12-28(31)34/h7-12,16-19,21,32-33,42H,3-6,13-15,20H2,1-2H3,(H,39,45)(H,46,47)(H,49,50)(H,40,44,48)/t21?,32-,33-/m1/s1. The highest BCUT2D eigenvalue weighted by molar-refractivity contribution is 7.47. The highest BCUT2D eigenvalue weighted by atomic mass is 31.2. The van der Waals surface area contributed by atoms with Crippen molar-refractivity contribution in [2.24, 2.45) is 5.92 Å². The van der Waals surface area contributed by atoms with Crippen molar-refractivity contribution in [1.29, 1.82) is 0 Å². The first kappa shape index (κ1) is 39.3. The quantitative estimate of drug-likeness (QED) is 0.0524. The van der Waals surface area contributed by atoms with Crippen LogP contribution in [0.5, 0.6) is 5.75 Å². The van der Waals surface area contributed by atoms with Gasteiger partial charge in [-0.15, -0.1) is 0 Å². The van der Waals surface area contributed by atoms with E-state index in [2.05, 4.69) is 10.3 Å². The Bertz CT molecular complexity index is 2440. The van der Waals surface area contributed by atoms with Crippen molar-refractivity contribution in [1.82, 2.24) is 14.9 Å². The van der Waals surface area contributed by atoms with E-state index in [1.807, 2.05) is 6.92 Å². The fraction of sp³-hybridized carbons (Fsp3) is 0.342. The first-order valence-electron chi connectivity index (χ1n) is 17.7. The van der Waals surface area contributed by atoms with E-state index in [0.717, 1.165) is 0 Å². The third kappa shape index (κ3) is 9.12. The van der Waals surface area contributed by atoms with Crippen LogP contribution in [0, 0.1) is 12.8 Å². The first-order valence-corrected chi connectivity index (χ1v) is 19.1. The number of aromatic nitrogens is 2. The average molecular weight is 778 g/mol. The molecule has 6 rings (SSSR count). The second kappa shape index (κ2) is 16.6. The number of carboxylic acids is 1. The van der Waals surface area contributed by atoms with E-state index in [9.17, 15) is 43.6 Å². The summed E-state index contributed by atoms with van der Waals surface area (Å²) in [5.41, 5.74) is 0.408. The number of phenolic OH excluding ortho intramolecular Hbond substituents is 1. The Hall–Kier alpha value is -5.38. The van der Waals surface area contributed by atoms with E-state index in [-0.39, 0.29) is 58.3 Å². The van der Waals surface area contributed by atoms with Crippen molar-refractivity contribution in [3.8, 4) is 28.2 Å². The second-order valence-corrected chi connectivity index (χ2v) is 14.9. The summed E-state index contributed by atoms with van der Waals surface area (Å²) in [4.78, 5) is 74.0. The molecule has 55 heavy (non-hydrogen) atoms. The number of phenols is 1. The number of ether oxygens (including phenoxy) is 1. The smallest absolute Gasteiger partial charge is 0.472 e. The van der Waals surface area contributed by atoms with Crippen molar-refractivity contribution in [2.45, 2.75) is 58.3 Å². The molecule has 0 radical (unpaired) electrons. The number of carbonyl (C=O) groups excluding carboxylic acids is 1. The maximum atomic E-state index is 13.2. The molecule has 0 saturated carbocycles. The number of phosphoric ester groups is 1. The van der Waals surface area contributed by atoms with Gasteiger partial charge in [-0.2, -0.15) is 0 Å². The van der Waals surface area contributed by atoms with Gasteiger partial charge in [0.2, 0.25) is 0 Å². The Morgan fingerprint density at radius 2 is 1.78 bits per heavy atom. The number of nitrogens with one attached hydrogen (secondary N) is 2. The van der Waals surface area contributed by atoms with E-state index in [1.165, 1.54) is 59.3 Å². The molecule has 1 amide bonds. The van der Waals surface area contributed by atoms with Gasteiger partial charge in [0.05, 0.1) is 24.9 Å². The van der Waals surface area contributed by atoms with Gasteiger partial charge in [0.15, 0.2) is 5.43 Å². The Balaban J connectivity index is 0.981. The second-order valence-electron chi connectivity index (χ2n) is 13.5. The molecule has 2 unspecified atom stereocenters. The van der Waals surface area contributed by atoms with E-state index >= 15 is 0 Å². The summed E-state index contributed by atoms with van der Waals surface area (Å²) >= 11 is 0. The van der Waals surface area contributed by atoms with Crippen molar-refractivity contribution in [3.63, 3.8) is 0 Å². The topological polar surface area (TPSA) is 237 Å². The van der Waals surface area contributed by atoms with E-state index in [1.54, 1.807) is 13.0 Å². The van der Waals surface area contributed by atoms with Crippen LogP contribution in [0.4, 0.5) is 0 Å². The van der Waals surface area contributed by atoms with Gasteiger partial charge in [0.25, 0.3) is 11.5 Å². The molecule has 5 N–H and O–H groups in total. The lowest BCUT2D eigenvalue weighted by Gasteiger charge is -2.19. The van der Waals surface area contributed by atoms with E-state index in [4.69, 9.17) is 18.2 Å². The van der Waals surface area contributed by atoms with Gasteiger partial charge < -0.3 is 29.6 Å². The molecule has 3 aromatic rings. The number of aromatic amines is 1. The van der Waals surface area contributed by atoms with Crippen LogP contribution >= 0.6 is 7.82 Å². The summed E-state index contributed by atoms with van der Waals surface area (Å²) in [6, 6.07) is 12.7. The average Bonchev–Trinajstić information content (AvgIpc) is 3.51. The number of unbranched alkanes of at least 4 members (excludes halogenated alkanes) is 3. The minimum Gasteiger partial charge on any atom is -0.508 e. The molecular formula is C38H40N3O13P.